The van der Waals surface area contributed by atoms with Gasteiger partial charge in [-0.15, -0.1) is 0 Å². The van der Waals surface area contributed by atoms with Gasteiger partial charge in [-0.2, -0.15) is 5.10 Å². The minimum absolute atomic E-state index is 0.127. The molecule has 3 aromatic rings. The molecule has 0 spiro atoms. The smallest absolute Gasteiger partial charge is 0.277 e. The van der Waals surface area contributed by atoms with Crippen LogP contribution in [0.4, 0.5) is 5.69 Å². The Bertz CT molecular complexity index is 1220. The van der Waals surface area contributed by atoms with Gasteiger partial charge in [-0.3, -0.25) is 19.2 Å². The third-order valence-corrected chi connectivity index (χ3v) is 7.67. The number of carbonyl (C=O) groups is 2. The number of nitrogens with one attached hydrogen (secondary N) is 1. The van der Waals surface area contributed by atoms with Gasteiger partial charge in [0, 0.05) is 17.8 Å². The lowest BCUT2D eigenvalue weighted by molar-refractivity contribution is -0.127. The van der Waals surface area contributed by atoms with Crippen molar-refractivity contribution in [2.24, 2.45) is 0 Å². The maximum Gasteiger partial charge on any atom is 0.277 e. The van der Waals surface area contributed by atoms with Gasteiger partial charge in [0.15, 0.2) is 5.76 Å². The lowest BCUT2D eigenvalue weighted by Gasteiger charge is -2.44. The highest BCUT2D eigenvalue weighted by Gasteiger charge is 2.49. The van der Waals surface area contributed by atoms with Crippen molar-refractivity contribution in [2.75, 3.05) is 4.90 Å². The molecule has 1 atom stereocenters. The van der Waals surface area contributed by atoms with Crippen LogP contribution in [0.2, 0.25) is 0 Å². The molecule has 5 rings (SSSR count). The molecular weight excluding hydrogens is 440 g/mol. The first-order valence-electron chi connectivity index (χ1n) is 12.7. The molecule has 1 saturated carbocycles. The fourth-order valence-corrected chi connectivity index (χ4v) is 5.42. The Morgan fingerprint density at radius 2 is 1.83 bits per heavy atom. The number of amides is 2. The van der Waals surface area contributed by atoms with Gasteiger partial charge < -0.3 is 9.73 Å². The maximum absolute atomic E-state index is 14.0. The average molecular weight is 475 g/mol. The number of carbonyl (C=O) groups excluding carboxylic acids is 2. The summed E-state index contributed by atoms with van der Waals surface area (Å²) in [5.41, 5.74) is 2.74. The van der Waals surface area contributed by atoms with E-state index in [9.17, 15) is 9.59 Å². The molecule has 1 aromatic carbocycles. The molecule has 2 amide bonds. The molecule has 1 N–H and O–H groups in total. The van der Waals surface area contributed by atoms with Crippen LogP contribution in [0.15, 0.2) is 47.1 Å². The number of benzene rings is 1. The fourth-order valence-electron chi connectivity index (χ4n) is 5.42. The first kappa shape index (κ1) is 23.4. The van der Waals surface area contributed by atoms with Crippen LogP contribution in [0.25, 0.3) is 11.5 Å². The summed E-state index contributed by atoms with van der Waals surface area (Å²) in [5, 5.41) is 7.98. The lowest BCUT2D eigenvalue weighted by atomic mass is 9.91. The maximum atomic E-state index is 14.0. The number of hydrogen-bond acceptors (Lipinski definition) is 4. The van der Waals surface area contributed by atoms with Crippen LogP contribution in [0.3, 0.4) is 0 Å². The number of fused-ring (bicyclic) bond motifs is 1. The molecule has 0 unspecified atom stereocenters. The summed E-state index contributed by atoms with van der Waals surface area (Å²) in [6, 6.07) is 11.4. The Hall–Kier alpha value is -3.35. The summed E-state index contributed by atoms with van der Waals surface area (Å²) in [6.45, 7) is 6.16. The third kappa shape index (κ3) is 4.28. The van der Waals surface area contributed by atoms with E-state index in [4.69, 9.17) is 4.42 Å². The van der Waals surface area contributed by atoms with Crippen molar-refractivity contribution in [1.29, 1.82) is 0 Å². The van der Waals surface area contributed by atoms with Crippen molar-refractivity contribution in [2.45, 2.75) is 83.8 Å². The monoisotopic (exact) mass is 474 g/mol. The number of hydrogen-bond donors (Lipinski definition) is 1. The second kappa shape index (κ2) is 9.36. The molecule has 0 bridgehead atoms. The molecular formula is C28H34N4O3. The van der Waals surface area contributed by atoms with Crippen LogP contribution in [-0.2, 0) is 11.3 Å². The molecule has 35 heavy (non-hydrogen) atoms. The van der Waals surface area contributed by atoms with E-state index in [0.29, 0.717) is 17.1 Å². The first-order chi connectivity index (χ1) is 16.9. The van der Waals surface area contributed by atoms with Gasteiger partial charge in [-0.1, -0.05) is 44.2 Å². The van der Waals surface area contributed by atoms with Crippen LogP contribution in [0, 0.1) is 13.8 Å². The van der Waals surface area contributed by atoms with Crippen molar-refractivity contribution in [3.05, 3.63) is 59.5 Å². The number of aryl methyl sites for hydroxylation is 1. The largest absolute Gasteiger partial charge is 0.463 e. The summed E-state index contributed by atoms with van der Waals surface area (Å²) >= 11 is 0. The third-order valence-electron chi connectivity index (χ3n) is 7.67. The Kier molecular flexibility index (Phi) is 6.26. The van der Waals surface area contributed by atoms with Crippen molar-refractivity contribution in [3.63, 3.8) is 0 Å². The highest BCUT2D eigenvalue weighted by molar-refractivity contribution is 6.12. The minimum atomic E-state index is -1.13. The van der Waals surface area contributed by atoms with Gasteiger partial charge in [-0.25, -0.2) is 0 Å². The Morgan fingerprint density at radius 3 is 2.54 bits per heavy atom. The van der Waals surface area contributed by atoms with Gasteiger partial charge in [0.05, 0.1) is 12.8 Å². The molecule has 2 aromatic heterocycles. The zero-order valence-corrected chi connectivity index (χ0v) is 20.8. The number of nitrogens with zero attached hydrogens (tertiary/aromatic N) is 3. The summed E-state index contributed by atoms with van der Waals surface area (Å²) < 4.78 is 7.19. The van der Waals surface area contributed by atoms with Crippen molar-refractivity contribution >= 4 is 17.5 Å². The summed E-state index contributed by atoms with van der Waals surface area (Å²) in [7, 11) is 0. The van der Waals surface area contributed by atoms with E-state index in [1.807, 2.05) is 45.0 Å². The van der Waals surface area contributed by atoms with Crippen LogP contribution in [0.1, 0.15) is 73.5 Å². The Morgan fingerprint density at radius 1 is 1.09 bits per heavy atom. The molecule has 7 nitrogen and oxygen atoms in total. The predicted octanol–water partition coefficient (Wildman–Crippen LogP) is 5.41. The van der Waals surface area contributed by atoms with E-state index < -0.39 is 5.54 Å². The lowest BCUT2D eigenvalue weighted by Crippen LogP contribution is -2.65. The SMILES string of the molecule is Cc1cccc(N2C(=O)c3cc(-c4ccco4)nn3C[C@@]2(C)C(=O)NC2CCCCCCC2)c1C. The molecule has 184 valence electrons. The standard InChI is InChI=1S/C28H34N4O3/c1-19-11-9-14-23(20(19)2)32-26(33)24-17-22(25-15-10-16-35-25)30-31(24)18-28(32,3)27(34)29-21-12-7-5-4-6-8-13-21/h9-11,14-17,21H,4-8,12-13,18H2,1-3H3,(H,29,34)/t28-/m0/s1. The molecule has 0 saturated heterocycles. The van der Waals surface area contributed by atoms with E-state index in [-0.39, 0.29) is 24.4 Å². The second-order valence-electron chi connectivity index (χ2n) is 10.2. The van der Waals surface area contributed by atoms with Crippen molar-refractivity contribution < 1.29 is 14.0 Å². The van der Waals surface area contributed by atoms with Crippen molar-refractivity contribution in [1.82, 2.24) is 15.1 Å². The van der Waals surface area contributed by atoms with Gasteiger partial charge in [0.1, 0.15) is 16.9 Å². The van der Waals surface area contributed by atoms with Gasteiger partial charge >= 0.3 is 0 Å². The molecule has 2 aliphatic rings. The predicted molar refractivity (Wildman–Crippen MR) is 135 cm³/mol. The Labute approximate surface area is 206 Å². The van der Waals surface area contributed by atoms with E-state index >= 15 is 0 Å². The summed E-state index contributed by atoms with van der Waals surface area (Å²) in [6.07, 6.45) is 9.49. The average Bonchev–Trinajstić information content (AvgIpc) is 3.48. The zero-order chi connectivity index (χ0) is 24.6. The topological polar surface area (TPSA) is 80.4 Å². The minimum Gasteiger partial charge on any atom is -0.463 e. The van der Waals surface area contributed by atoms with Crippen LogP contribution in [0.5, 0.6) is 0 Å². The summed E-state index contributed by atoms with van der Waals surface area (Å²) in [4.78, 5) is 29.7. The van der Waals surface area contributed by atoms with Gasteiger partial charge in [0.25, 0.3) is 5.91 Å². The quantitative estimate of drug-likeness (QED) is 0.548. The molecule has 0 radical (unpaired) electrons. The van der Waals surface area contributed by atoms with E-state index in [2.05, 4.69) is 10.4 Å². The van der Waals surface area contributed by atoms with E-state index in [1.54, 1.807) is 28.0 Å². The second-order valence-corrected chi connectivity index (χ2v) is 10.2. The highest BCUT2D eigenvalue weighted by atomic mass is 16.3. The molecule has 7 heteroatoms. The summed E-state index contributed by atoms with van der Waals surface area (Å²) in [5.74, 6) is 0.238. The number of anilines is 1. The van der Waals surface area contributed by atoms with E-state index in [1.165, 1.54) is 19.3 Å². The number of rotatable bonds is 4. The molecule has 1 aliphatic heterocycles. The Balaban J connectivity index is 1.55. The fraction of sp³-hybridized carbons (Fsp3) is 0.464. The van der Waals surface area contributed by atoms with Crippen LogP contribution >= 0.6 is 0 Å². The number of aromatic nitrogens is 2. The highest BCUT2D eigenvalue weighted by Crippen LogP contribution is 2.37. The zero-order valence-electron chi connectivity index (χ0n) is 20.8. The van der Waals surface area contributed by atoms with Gasteiger partial charge in [0.2, 0.25) is 5.91 Å². The molecule has 1 fully saturated rings. The normalized spacial score (nSPS) is 21.3. The van der Waals surface area contributed by atoms with Gasteiger partial charge in [-0.05, 0) is 62.9 Å². The van der Waals surface area contributed by atoms with Crippen LogP contribution < -0.4 is 10.2 Å². The first-order valence-corrected chi connectivity index (χ1v) is 12.7. The molecule has 1 aliphatic carbocycles. The molecule has 3 heterocycles. The van der Waals surface area contributed by atoms with Crippen LogP contribution in [-0.4, -0.2) is 33.2 Å². The number of furan rings is 1. The van der Waals surface area contributed by atoms with E-state index in [0.717, 1.165) is 42.5 Å². The van der Waals surface area contributed by atoms with Crippen molar-refractivity contribution in [3.8, 4) is 11.5 Å².